The molecular weight excluding hydrogens is 268 g/mol. The van der Waals surface area contributed by atoms with Gasteiger partial charge in [0.2, 0.25) is 5.91 Å². The van der Waals surface area contributed by atoms with Crippen LogP contribution < -0.4 is 0 Å². The van der Waals surface area contributed by atoms with Crippen molar-refractivity contribution in [2.24, 2.45) is 0 Å². The molecule has 1 saturated heterocycles. The highest BCUT2D eigenvalue weighted by Gasteiger charge is 2.25. The molecule has 1 amide bonds. The largest absolute Gasteiger partial charge is 0.460 e. The third kappa shape index (κ3) is 6.46. The Hall–Kier alpha value is -1.10. The van der Waals surface area contributed by atoms with Gasteiger partial charge in [-0.2, -0.15) is 0 Å². The lowest BCUT2D eigenvalue weighted by Crippen LogP contribution is -2.45. The number of hydrogen-bond acceptors (Lipinski definition) is 4. The average molecular weight is 298 g/mol. The highest BCUT2D eigenvalue weighted by Crippen LogP contribution is 2.16. The second kappa shape index (κ2) is 7.78. The Kier molecular flexibility index (Phi) is 6.65. The maximum absolute atomic E-state index is 12.2. The van der Waals surface area contributed by atoms with E-state index >= 15 is 0 Å². The molecule has 5 nitrogen and oxygen atoms in total. The Labute approximate surface area is 128 Å². The van der Waals surface area contributed by atoms with Crippen LogP contribution in [0.1, 0.15) is 53.4 Å². The number of amides is 1. The fourth-order valence-corrected chi connectivity index (χ4v) is 2.60. The van der Waals surface area contributed by atoms with Gasteiger partial charge in [-0.15, -0.1) is 0 Å². The standard InChI is InChI=1S/C16H30N2O3/c1-6-18-11-9-13(10-12-18)17(5)14(19)7-8-15(20)21-16(2,3)4/h13H,6-12H2,1-5H3. The fourth-order valence-electron chi connectivity index (χ4n) is 2.60. The minimum absolute atomic E-state index is 0.0378. The summed E-state index contributed by atoms with van der Waals surface area (Å²) in [6, 6.07) is 0.305. The zero-order valence-electron chi connectivity index (χ0n) is 14.1. The number of ether oxygens (including phenoxy) is 1. The first-order valence-electron chi connectivity index (χ1n) is 7.92. The van der Waals surface area contributed by atoms with Crippen LogP contribution in [0, 0.1) is 0 Å². The van der Waals surface area contributed by atoms with Gasteiger partial charge in [-0.1, -0.05) is 6.92 Å². The Bertz CT molecular complexity index is 355. The second-order valence-corrected chi connectivity index (χ2v) is 6.76. The minimum atomic E-state index is -0.487. The summed E-state index contributed by atoms with van der Waals surface area (Å²) in [7, 11) is 1.85. The van der Waals surface area contributed by atoms with Crippen molar-refractivity contribution in [3.63, 3.8) is 0 Å². The number of hydrogen-bond donors (Lipinski definition) is 0. The summed E-state index contributed by atoms with van der Waals surface area (Å²) < 4.78 is 5.23. The number of rotatable bonds is 5. The van der Waals surface area contributed by atoms with E-state index in [1.54, 1.807) is 0 Å². The first kappa shape index (κ1) is 18.0. The van der Waals surface area contributed by atoms with Crippen LogP contribution in [0.4, 0.5) is 0 Å². The predicted molar refractivity (Wildman–Crippen MR) is 83.0 cm³/mol. The van der Waals surface area contributed by atoms with Crippen LogP contribution in [-0.2, 0) is 14.3 Å². The van der Waals surface area contributed by atoms with E-state index in [2.05, 4.69) is 11.8 Å². The smallest absolute Gasteiger partial charge is 0.306 e. The van der Waals surface area contributed by atoms with Gasteiger partial charge in [-0.3, -0.25) is 9.59 Å². The number of piperidine rings is 1. The molecule has 1 rings (SSSR count). The summed E-state index contributed by atoms with van der Waals surface area (Å²) >= 11 is 0. The van der Waals surface area contributed by atoms with Crippen LogP contribution in [0.25, 0.3) is 0 Å². The molecule has 0 spiro atoms. The molecule has 0 radical (unpaired) electrons. The summed E-state index contributed by atoms with van der Waals surface area (Å²) in [6.07, 6.45) is 2.43. The van der Waals surface area contributed by atoms with Crippen molar-refractivity contribution in [3.05, 3.63) is 0 Å². The number of likely N-dealkylation sites (tertiary alicyclic amines) is 1. The highest BCUT2D eigenvalue weighted by atomic mass is 16.6. The predicted octanol–water partition coefficient (Wildman–Crippen LogP) is 2.05. The Balaban J connectivity index is 2.33. The van der Waals surface area contributed by atoms with Gasteiger partial charge in [0.25, 0.3) is 0 Å². The van der Waals surface area contributed by atoms with Crippen LogP contribution in [0.5, 0.6) is 0 Å². The lowest BCUT2D eigenvalue weighted by atomic mass is 10.0. The molecule has 5 heteroatoms. The highest BCUT2D eigenvalue weighted by molar-refractivity contribution is 5.81. The molecule has 0 N–H and O–H groups in total. The van der Waals surface area contributed by atoms with Gasteiger partial charge in [-0.05, 0) is 40.2 Å². The van der Waals surface area contributed by atoms with E-state index in [0.717, 1.165) is 32.5 Å². The molecule has 0 aromatic rings. The number of nitrogens with zero attached hydrogens (tertiary/aromatic N) is 2. The van der Waals surface area contributed by atoms with Crippen molar-refractivity contribution >= 4 is 11.9 Å². The molecule has 0 saturated carbocycles. The summed E-state index contributed by atoms with van der Waals surface area (Å²) in [4.78, 5) is 28.0. The summed E-state index contributed by atoms with van der Waals surface area (Å²) in [5.74, 6) is -0.263. The van der Waals surface area contributed by atoms with Crippen molar-refractivity contribution in [1.82, 2.24) is 9.80 Å². The lowest BCUT2D eigenvalue weighted by molar-refractivity contribution is -0.156. The van der Waals surface area contributed by atoms with Crippen molar-refractivity contribution < 1.29 is 14.3 Å². The summed E-state index contributed by atoms with van der Waals surface area (Å²) in [6.45, 7) is 10.8. The lowest BCUT2D eigenvalue weighted by Gasteiger charge is -2.36. The molecule has 0 bridgehead atoms. The molecule has 0 aromatic carbocycles. The van der Waals surface area contributed by atoms with Crippen LogP contribution in [0.15, 0.2) is 0 Å². The van der Waals surface area contributed by atoms with Crippen molar-refractivity contribution in [2.45, 2.75) is 65.0 Å². The third-order valence-electron chi connectivity index (χ3n) is 3.91. The molecule has 1 aliphatic heterocycles. The topological polar surface area (TPSA) is 49.9 Å². The number of esters is 1. The van der Waals surface area contributed by atoms with Crippen LogP contribution in [-0.4, -0.2) is 60.0 Å². The van der Waals surface area contributed by atoms with E-state index in [1.165, 1.54) is 0 Å². The first-order valence-corrected chi connectivity index (χ1v) is 7.92. The third-order valence-corrected chi connectivity index (χ3v) is 3.91. The summed E-state index contributed by atoms with van der Waals surface area (Å²) in [5.41, 5.74) is -0.487. The molecule has 1 fully saturated rings. The fraction of sp³-hybridized carbons (Fsp3) is 0.875. The van der Waals surface area contributed by atoms with E-state index in [4.69, 9.17) is 4.74 Å². The molecular formula is C16H30N2O3. The molecule has 0 unspecified atom stereocenters. The van der Waals surface area contributed by atoms with Gasteiger partial charge < -0.3 is 14.5 Å². The van der Waals surface area contributed by atoms with Gasteiger partial charge in [0.1, 0.15) is 5.60 Å². The van der Waals surface area contributed by atoms with Gasteiger partial charge in [-0.25, -0.2) is 0 Å². The van der Waals surface area contributed by atoms with E-state index in [1.807, 2.05) is 32.7 Å². The monoisotopic (exact) mass is 298 g/mol. The zero-order chi connectivity index (χ0) is 16.0. The van der Waals surface area contributed by atoms with Crippen molar-refractivity contribution in [3.8, 4) is 0 Å². The average Bonchev–Trinajstić information content (AvgIpc) is 2.42. The minimum Gasteiger partial charge on any atom is -0.460 e. The Morgan fingerprint density at radius 3 is 2.24 bits per heavy atom. The molecule has 1 heterocycles. The summed E-state index contributed by atoms with van der Waals surface area (Å²) in [5, 5.41) is 0. The molecule has 0 aliphatic carbocycles. The molecule has 122 valence electrons. The zero-order valence-corrected chi connectivity index (χ0v) is 14.1. The van der Waals surface area contributed by atoms with E-state index in [9.17, 15) is 9.59 Å². The normalized spacial score (nSPS) is 17.6. The van der Waals surface area contributed by atoms with E-state index in [-0.39, 0.29) is 24.7 Å². The number of carbonyl (C=O) groups is 2. The van der Waals surface area contributed by atoms with E-state index in [0.29, 0.717) is 6.04 Å². The number of carbonyl (C=O) groups excluding carboxylic acids is 2. The van der Waals surface area contributed by atoms with E-state index < -0.39 is 5.60 Å². The maximum atomic E-state index is 12.2. The maximum Gasteiger partial charge on any atom is 0.306 e. The van der Waals surface area contributed by atoms with Gasteiger partial charge in [0, 0.05) is 32.6 Å². The van der Waals surface area contributed by atoms with Gasteiger partial charge in [0.15, 0.2) is 0 Å². The second-order valence-electron chi connectivity index (χ2n) is 6.76. The molecule has 1 aliphatic rings. The van der Waals surface area contributed by atoms with Crippen LogP contribution in [0.3, 0.4) is 0 Å². The Morgan fingerprint density at radius 1 is 1.19 bits per heavy atom. The molecule has 21 heavy (non-hydrogen) atoms. The Morgan fingerprint density at radius 2 is 1.76 bits per heavy atom. The van der Waals surface area contributed by atoms with Crippen molar-refractivity contribution in [1.29, 1.82) is 0 Å². The molecule has 0 aromatic heterocycles. The molecule has 0 atom stereocenters. The van der Waals surface area contributed by atoms with Gasteiger partial charge >= 0.3 is 5.97 Å². The quantitative estimate of drug-likeness (QED) is 0.729. The SMILES string of the molecule is CCN1CCC(N(C)C(=O)CCC(=O)OC(C)(C)C)CC1. The van der Waals surface area contributed by atoms with Crippen LogP contribution in [0.2, 0.25) is 0 Å². The first-order chi connectivity index (χ1) is 9.73. The van der Waals surface area contributed by atoms with Crippen LogP contribution >= 0.6 is 0 Å². The van der Waals surface area contributed by atoms with Gasteiger partial charge in [0.05, 0.1) is 6.42 Å². The van der Waals surface area contributed by atoms with Crippen molar-refractivity contribution in [2.75, 3.05) is 26.7 Å².